The molecule has 0 radical (unpaired) electrons. The number of rotatable bonds is 4. The van der Waals surface area contributed by atoms with Gasteiger partial charge in [0.2, 0.25) is 11.9 Å². The van der Waals surface area contributed by atoms with Gasteiger partial charge in [-0.25, -0.2) is 9.97 Å². The second kappa shape index (κ2) is 7.32. The van der Waals surface area contributed by atoms with Crippen molar-refractivity contribution in [1.29, 1.82) is 0 Å². The summed E-state index contributed by atoms with van der Waals surface area (Å²) >= 11 is 1.46. The normalized spacial score (nSPS) is 15.3. The molecule has 11 heteroatoms. The lowest BCUT2D eigenvalue weighted by Gasteiger charge is -2.14. The summed E-state index contributed by atoms with van der Waals surface area (Å²) in [4.78, 5) is 48.1. The van der Waals surface area contributed by atoms with Gasteiger partial charge in [0, 0.05) is 41.8 Å². The van der Waals surface area contributed by atoms with E-state index in [2.05, 4.69) is 25.4 Å². The molecule has 1 aliphatic heterocycles. The number of fused-ring (bicyclic) bond motifs is 1. The van der Waals surface area contributed by atoms with Gasteiger partial charge in [-0.05, 0) is 20.8 Å². The summed E-state index contributed by atoms with van der Waals surface area (Å²) in [7, 11) is 0. The Morgan fingerprint density at radius 2 is 2.07 bits per heavy atom. The van der Waals surface area contributed by atoms with Crippen LogP contribution >= 0.6 is 11.8 Å². The summed E-state index contributed by atoms with van der Waals surface area (Å²) in [6, 6.07) is 2.79. The average Bonchev–Trinajstić information content (AvgIpc) is 3.21. The molecular formula is C18H19N7O3S. The van der Waals surface area contributed by atoms with Crippen LogP contribution in [0.4, 0.5) is 5.82 Å². The second-order valence-corrected chi connectivity index (χ2v) is 7.90. The summed E-state index contributed by atoms with van der Waals surface area (Å²) in [5.74, 6) is 0.940. The van der Waals surface area contributed by atoms with Gasteiger partial charge >= 0.3 is 0 Å². The SMILES string of the molecule is Cc1cc(=O)[nH]c(-n2nc(C)cc2NC(=O)CC2CSc3ncc(C)c(=O)n32)n1. The van der Waals surface area contributed by atoms with E-state index in [9.17, 15) is 14.4 Å². The van der Waals surface area contributed by atoms with Crippen LogP contribution in [0, 0.1) is 20.8 Å². The van der Waals surface area contributed by atoms with Crippen LogP contribution in [-0.2, 0) is 4.79 Å². The molecule has 1 amide bonds. The third-order valence-electron chi connectivity index (χ3n) is 4.48. The highest BCUT2D eigenvalue weighted by Gasteiger charge is 2.28. The topological polar surface area (TPSA) is 128 Å². The van der Waals surface area contributed by atoms with E-state index in [0.29, 0.717) is 33.7 Å². The number of hydrogen-bond donors (Lipinski definition) is 2. The zero-order chi connectivity index (χ0) is 20.7. The Kier molecular flexibility index (Phi) is 4.82. The molecule has 0 fully saturated rings. The van der Waals surface area contributed by atoms with E-state index in [1.165, 1.54) is 22.5 Å². The summed E-state index contributed by atoms with van der Waals surface area (Å²) in [5.41, 5.74) is 1.31. The van der Waals surface area contributed by atoms with Crippen molar-refractivity contribution in [1.82, 2.24) is 29.3 Å². The van der Waals surface area contributed by atoms with Gasteiger partial charge in [0.05, 0.1) is 11.7 Å². The summed E-state index contributed by atoms with van der Waals surface area (Å²) in [6.45, 7) is 5.19. The number of aromatic nitrogens is 6. The lowest BCUT2D eigenvalue weighted by Crippen LogP contribution is -2.29. The standard InChI is InChI=1S/C18H19N7O3S/c1-9-7-19-18-24(16(9)28)12(8-29-18)6-15(27)21-13-4-11(3)23-25(13)17-20-10(2)5-14(26)22-17/h4-5,7,12H,6,8H2,1-3H3,(H,21,27)(H,20,22,26). The number of aryl methyl sites for hydroxylation is 3. The molecule has 3 aromatic rings. The van der Waals surface area contributed by atoms with Crippen molar-refractivity contribution in [3.63, 3.8) is 0 Å². The van der Waals surface area contributed by atoms with Crippen molar-refractivity contribution < 1.29 is 4.79 Å². The van der Waals surface area contributed by atoms with Crippen LogP contribution in [0.2, 0.25) is 0 Å². The first-order valence-corrected chi connectivity index (χ1v) is 9.96. The van der Waals surface area contributed by atoms with E-state index in [1.807, 2.05) is 0 Å². The maximum Gasteiger partial charge on any atom is 0.257 e. The molecular weight excluding hydrogens is 394 g/mol. The molecule has 3 aromatic heterocycles. The molecule has 2 N–H and O–H groups in total. The quantitative estimate of drug-likeness (QED) is 0.613. The van der Waals surface area contributed by atoms with Gasteiger partial charge in [-0.1, -0.05) is 11.8 Å². The smallest absolute Gasteiger partial charge is 0.257 e. The Labute approximate surface area is 169 Å². The van der Waals surface area contributed by atoms with Crippen molar-refractivity contribution >= 4 is 23.5 Å². The van der Waals surface area contributed by atoms with Gasteiger partial charge in [-0.2, -0.15) is 9.78 Å². The van der Waals surface area contributed by atoms with Crippen molar-refractivity contribution in [3.8, 4) is 5.95 Å². The van der Waals surface area contributed by atoms with Crippen LogP contribution in [0.1, 0.15) is 29.4 Å². The summed E-state index contributed by atoms with van der Waals surface area (Å²) in [5, 5.41) is 7.75. The molecule has 4 rings (SSSR count). The first kappa shape index (κ1) is 19.1. The lowest BCUT2D eigenvalue weighted by atomic mass is 10.2. The molecule has 0 aromatic carbocycles. The van der Waals surface area contributed by atoms with Gasteiger partial charge in [0.25, 0.3) is 11.1 Å². The predicted octanol–water partition coefficient (Wildman–Crippen LogP) is 1.11. The largest absolute Gasteiger partial charge is 0.310 e. The number of anilines is 1. The van der Waals surface area contributed by atoms with Gasteiger partial charge in [-0.3, -0.25) is 23.9 Å². The van der Waals surface area contributed by atoms with E-state index in [0.717, 1.165) is 0 Å². The number of nitrogens with zero attached hydrogens (tertiary/aromatic N) is 5. The molecule has 1 atom stereocenters. The summed E-state index contributed by atoms with van der Waals surface area (Å²) in [6.07, 6.45) is 1.67. The first-order chi connectivity index (χ1) is 13.8. The highest BCUT2D eigenvalue weighted by Crippen LogP contribution is 2.32. The number of amides is 1. The van der Waals surface area contributed by atoms with Crippen LogP contribution in [0.5, 0.6) is 0 Å². The first-order valence-electron chi connectivity index (χ1n) is 8.97. The monoisotopic (exact) mass is 413 g/mol. The fourth-order valence-corrected chi connectivity index (χ4v) is 4.30. The Morgan fingerprint density at radius 3 is 2.83 bits per heavy atom. The van der Waals surface area contributed by atoms with Gasteiger partial charge in [-0.15, -0.1) is 0 Å². The van der Waals surface area contributed by atoms with Crippen molar-refractivity contribution in [2.45, 2.75) is 38.4 Å². The van der Waals surface area contributed by atoms with Crippen LogP contribution < -0.4 is 16.4 Å². The van der Waals surface area contributed by atoms with Gasteiger partial charge in [0.1, 0.15) is 5.82 Å². The maximum absolute atomic E-state index is 12.7. The van der Waals surface area contributed by atoms with E-state index in [1.54, 1.807) is 37.6 Å². The number of carbonyl (C=O) groups is 1. The van der Waals surface area contributed by atoms with Crippen LogP contribution in [0.25, 0.3) is 5.95 Å². The van der Waals surface area contributed by atoms with E-state index in [-0.39, 0.29) is 35.4 Å². The van der Waals surface area contributed by atoms with Crippen molar-refractivity contribution in [2.75, 3.05) is 11.1 Å². The Balaban J connectivity index is 1.58. The Bertz CT molecular complexity index is 1230. The van der Waals surface area contributed by atoms with Crippen molar-refractivity contribution in [2.24, 2.45) is 0 Å². The minimum absolute atomic E-state index is 0.118. The molecule has 0 aliphatic carbocycles. The molecule has 1 unspecified atom stereocenters. The van der Waals surface area contributed by atoms with Crippen LogP contribution in [-0.4, -0.2) is 41.0 Å². The number of hydrogen-bond acceptors (Lipinski definition) is 7. The minimum Gasteiger partial charge on any atom is -0.310 e. The lowest BCUT2D eigenvalue weighted by molar-refractivity contribution is -0.116. The zero-order valence-electron chi connectivity index (χ0n) is 16.1. The number of nitrogens with one attached hydrogen (secondary N) is 2. The molecule has 29 heavy (non-hydrogen) atoms. The third kappa shape index (κ3) is 3.73. The minimum atomic E-state index is -0.306. The molecule has 0 spiro atoms. The van der Waals surface area contributed by atoms with Crippen LogP contribution in [0.3, 0.4) is 0 Å². The second-order valence-electron chi connectivity index (χ2n) is 6.91. The fourth-order valence-electron chi connectivity index (χ4n) is 3.19. The summed E-state index contributed by atoms with van der Waals surface area (Å²) < 4.78 is 2.97. The predicted molar refractivity (Wildman–Crippen MR) is 108 cm³/mol. The molecule has 0 saturated carbocycles. The number of thioether (sulfide) groups is 1. The molecule has 150 valence electrons. The number of carbonyl (C=O) groups excluding carboxylic acids is 1. The van der Waals surface area contributed by atoms with E-state index >= 15 is 0 Å². The average molecular weight is 413 g/mol. The van der Waals surface area contributed by atoms with Gasteiger partial charge < -0.3 is 5.32 Å². The Morgan fingerprint density at radius 1 is 1.28 bits per heavy atom. The van der Waals surface area contributed by atoms with Gasteiger partial charge in [0.15, 0.2) is 5.16 Å². The fraction of sp³-hybridized carbons (Fsp3) is 0.333. The molecule has 4 heterocycles. The zero-order valence-corrected chi connectivity index (χ0v) is 16.9. The number of aromatic amines is 1. The van der Waals surface area contributed by atoms with Crippen molar-refractivity contribution in [3.05, 3.63) is 56.0 Å². The van der Waals surface area contributed by atoms with E-state index < -0.39 is 0 Å². The highest BCUT2D eigenvalue weighted by atomic mass is 32.2. The third-order valence-corrected chi connectivity index (χ3v) is 5.59. The molecule has 1 aliphatic rings. The van der Waals surface area contributed by atoms with E-state index in [4.69, 9.17) is 0 Å². The maximum atomic E-state index is 12.7. The molecule has 0 bridgehead atoms. The highest BCUT2D eigenvalue weighted by molar-refractivity contribution is 7.99. The molecule has 0 saturated heterocycles. The number of H-pyrrole nitrogens is 1. The Hall–Kier alpha value is -3.21. The van der Waals surface area contributed by atoms with Crippen LogP contribution in [0.15, 0.2) is 33.1 Å². The molecule has 10 nitrogen and oxygen atoms in total.